The summed E-state index contributed by atoms with van der Waals surface area (Å²) in [6, 6.07) is 10.3. The zero-order valence-corrected chi connectivity index (χ0v) is 18.3. The van der Waals surface area contributed by atoms with Crippen molar-refractivity contribution in [2.24, 2.45) is 0 Å². The van der Waals surface area contributed by atoms with Gasteiger partial charge >= 0.3 is 0 Å². The number of hydrogen-bond donors (Lipinski definition) is 1. The van der Waals surface area contributed by atoms with Gasteiger partial charge in [-0.05, 0) is 57.4 Å². The number of amides is 1. The van der Waals surface area contributed by atoms with Gasteiger partial charge in [-0.15, -0.1) is 0 Å². The summed E-state index contributed by atoms with van der Waals surface area (Å²) in [7, 11) is 0. The molecule has 1 N–H and O–H groups in total. The van der Waals surface area contributed by atoms with Gasteiger partial charge in [-0.3, -0.25) is 9.59 Å². The molecule has 1 unspecified atom stereocenters. The number of nitrogens with zero attached hydrogens (tertiary/aromatic N) is 1. The lowest BCUT2D eigenvalue weighted by molar-refractivity contribution is -0.140. The van der Waals surface area contributed by atoms with E-state index in [1.54, 1.807) is 24.3 Å². The largest absolute Gasteiger partial charge is 0.507 e. The number of ketones is 1. The van der Waals surface area contributed by atoms with Crippen LogP contribution in [0.15, 0.2) is 48.0 Å². The zero-order chi connectivity index (χ0) is 22.7. The summed E-state index contributed by atoms with van der Waals surface area (Å²) >= 11 is 0. The highest BCUT2D eigenvalue weighted by Crippen LogP contribution is 2.40. The third-order valence-electron chi connectivity index (χ3n) is 5.51. The Morgan fingerprint density at radius 2 is 1.84 bits per heavy atom. The first-order valence-electron chi connectivity index (χ1n) is 10.4. The number of ether oxygens (including phenoxy) is 1. The molecule has 1 saturated heterocycles. The Labute approximate surface area is 182 Å². The van der Waals surface area contributed by atoms with E-state index in [0.29, 0.717) is 18.6 Å². The van der Waals surface area contributed by atoms with Crippen LogP contribution in [0, 0.1) is 19.7 Å². The Morgan fingerprint density at radius 1 is 1.13 bits per heavy atom. The van der Waals surface area contributed by atoms with Crippen LogP contribution in [0.5, 0.6) is 0 Å². The van der Waals surface area contributed by atoms with Crippen LogP contribution >= 0.6 is 0 Å². The van der Waals surface area contributed by atoms with Crippen molar-refractivity contribution in [2.45, 2.75) is 46.3 Å². The third-order valence-corrected chi connectivity index (χ3v) is 5.51. The average Bonchev–Trinajstić information content (AvgIpc) is 2.97. The number of rotatable bonds is 7. The molecule has 1 heterocycles. The smallest absolute Gasteiger partial charge is 0.295 e. The molecule has 164 valence electrons. The first-order chi connectivity index (χ1) is 14.7. The van der Waals surface area contributed by atoms with Gasteiger partial charge in [0.05, 0.1) is 17.7 Å². The highest BCUT2D eigenvalue weighted by molar-refractivity contribution is 6.46. The van der Waals surface area contributed by atoms with Gasteiger partial charge in [0.25, 0.3) is 11.7 Å². The van der Waals surface area contributed by atoms with Crippen molar-refractivity contribution in [3.05, 3.63) is 76.1 Å². The summed E-state index contributed by atoms with van der Waals surface area (Å²) in [5.41, 5.74) is 2.48. The van der Waals surface area contributed by atoms with Crippen molar-refractivity contribution >= 4 is 17.4 Å². The van der Waals surface area contributed by atoms with Gasteiger partial charge in [0.15, 0.2) is 0 Å². The minimum absolute atomic E-state index is 0.0440. The lowest BCUT2D eigenvalue weighted by Crippen LogP contribution is -2.31. The van der Waals surface area contributed by atoms with Gasteiger partial charge in [-0.2, -0.15) is 0 Å². The maximum absolute atomic E-state index is 14.7. The summed E-state index contributed by atoms with van der Waals surface area (Å²) < 4.78 is 20.3. The number of aliphatic hydroxyl groups excluding tert-OH is 1. The van der Waals surface area contributed by atoms with Crippen molar-refractivity contribution in [3.8, 4) is 0 Å². The molecule has 2 aromatic rings. The molecule has 2 aromatic carbocycles. The van der Waals surface area contributed by atoms with Crippen LogP contribution in [0.2, 0.25) is 0 Å². The average molecular weight is 426 g/mol. The Morgan fingerprint density at radius 3 is 2.48 bits per heavy atom. The molecule has 1 aliphatic heterocycles. The monoisotopic (exact) mass is 425 g/mol. The third kappa shape index (κ3) is 4.69. The molecule has 0 spiro atoms. The molecule has 0 saturated carbocycles. The first kappa shape index (κ1) is 22.7. The van der Waals surface area contributed by atoms with Gasteiger partial charge in [0, 0.05) is 24.3 Å². The number of aliphatic hydroxyl groups is 1. The van der Waals surface area contributed by atoms with Gasteiger partial charge in [-0.25, -0.2) is 4.39 Å². The van der Waals surface area contributed by atoms with E-state index >= 15 is 0 Å². The molecule has 1 atom stereocenters. The normalized spacial score (nSPS) is 18.3. The van der Waals surface area contributed by atoms with Crippen molar-refractivity contribution in [1.29, 1.82) is 0 Å². The maximum atomic E-state index is 14.7. The highest BCUT2D eigenvalue weighted by Gasteiger charge is 2.46. The number of hydrogen-bond acceptors (Lipinski definition) is 4. The molecule has 5 nitrogen and oxygen atoms in total. The van der Waals surface area contributed by atoms with Crippen LogP contribution in [-0.4, -0.2) is 41.0 Å². The summed E-state index contributed by atoms with van der Waals surface area (Å²) in [5.74, 6) is -2.39. The summed E-state index contributed by atoms with van der Waals surface area (Å²) in [5, 5.41) is 11.0. The quantitative estimate of drug-likeness (QED) is 0.303. The van der Waals surface area contributed by atoms with E-state index in [-0.39, 0.29) is 29.5 Å². The molecule has 1 aliphatic rings. The molecule has 1 amide bonds. The van der Waals surface area contributed by atoms with Crippen molar-refractivity contribution in [2.75, 3.05) is 13.2 Å². The van der Waals surface area contributed by atoms with E-state index in [2.05, 4.69) is 0 Å². The second-order valence-electron chi connectivity index (χ2n) is 8.09. The molecule has 0 radical (unpaired) electrons. The number of benzene rings is 2. The SMILES string of the molecule is Cc1ccc(/C(O)=C2\C(=O)C(=O)N(CCCOC(C)C)C2c2ccccc2F)cc1C. The Hall–Kier alpha value is -2.99. The van der Waals surface area contributed by atoms with Crippen molar-refractivity contribution in [3.63, 3.8) is 0 Å². The predicted octanol–water partition coefficient (Wildman–Crippen LogP) is 4.68. The molecule has 0 aliphatic carbocycles. The van der Waals surface area contributed by atoms with E-state index in [1.165, 1.54) is 17.0 Å². The van der Waals surface area contributed by atoms with Gasteiger partial charge in [0.2, 0.25) is 0 Å². The summed E-state index contributed by atoms with van der Waals surface area (Å²) in [4.78, 5) is 27.1. The fraction of sp³-hybridized carbons (Fsp3) is 0.360. The number of carbonyl (C=O) groups excluding carboxylic acids is 2. The molecule has 3 rings (SSSR count). The van der Waals surface area contributed by atoms with Crippen molar-refractivity contribution in [1.82, 2.24) is 4.90 Å². The number of aryl methyl sites for hydroxylation is 2. The van der Waals surface area contributed by atoms with Crippen LogP contribution in [0.4, 0.5) is 4.39 Å². The van der Waals surface area contributed by atoms with Gasteiger partial charge < -0.3 is 14.7 Å². The number of halogens is 1. The van der Waals surface area contributed by atoms with E-state index < -0.39 is 23.5 Å². The Balaban J connectivity index is 2.07. The number of carbonyl (C=O) groups is 2. The van der Waals surface area contributed by atoms with Crippen LogP contribution < -0.4 is 0 Å². The van der Waals surface area contributed by atoms with Crippen LogP contribution in [-0.2, 0) is 14.3 Å². The molecule has 1 fully saturated rings. The minimum Gasteiger partial charge on any atom is -0.507 e. The van der Waals surface area contributed by atoms with E-state index in [4.69, 9.17) is 4.74 Å². The van der Waals surface area contributed by atoms with Gasteiger partial charge in [-0.1, -0.05) is 30.3 Å². The molecule has 6 heteroatoms. The minimum atomic E-state index is -0.998. The second-order valence-corrected chi connectivity index (χ2v) is 8.09. The topological polar surface area (TPSA) is 66.8 Å². The molecular weight excluding hydrogens is 397 g/mol. The van der Waals surface area contributed by atoms with Crippen LogP contribution in [0.25, 0.3) is 5.76 Å². The highest BCUT2D eigenvalue weighted by atomic mass is 19.1. The Kier molecular flexibility index (Phi) is 6.91. The first-order valence-corrected chi connectivity index (χ1v) is 10.4. The van der Waals surface area contributed by atoms with Crippen LogP contribution in [0.1, 0.15) is 48.6 Å². The molecule has 0 aromatic heterocycles. The molecular formula is C25H28FNO4. The maximum Gasteiger partial charge on any atom is 0.295 e. The standard InChI is InChI=1S/C25H28FNO4/c1-15(2)31-13-7-12-27-22(19-8-5-6-9-20(19)26)21(24(29)25(27)30)23(28)18-11-10-16(3)17(4)14-18/h5-6,8-11,14-15,22,28H,7,12-13H2,1-4H3/b23-21+. The Bertz CT molecular complexity index is 1030. The van der Waals surface area contributed by atoms with E-state index in [0.717, 1.165) is 11.1 Å². The second kappa shape index (κ2) is 9.43. The van der Waals surface area contributed by atoms with E-state index in [1.807, 2.05) is 33.8 Å². The predicted molar refractivity (Wildman–Crippen MR) is 117 cm³/mol. The molecule has 31 heavy (non-hydrogen) atoms. The number of likely N-dealkylation sites (tertiary alicyclic amines) is 1. The zero-order valence-electron chi connectivity index (χ0n) is 18.3. The van der Waals surface area contributed by atoms with Gasteiger partial charge in [0.1, 0.15) is 11.6 Å². The fourth-order valence-corrected chi connectivity index (χ4v) is 3.73. The lowest BCUT2D eigenvalue weighted by atomic mass is 9.94. The lowest BCUT2D eigenvalue weighted by Gasteiger charge is -2.25. The fourth-order valence-electron chi connectivity index (χ4n) is 3.73. The van der Waals surface area contributed by atoms with E-state index in [9.17, 15) is 19.1 Å². The molecule has 0 bridgehead atoms. The van der Waals surface area contributed by atoms with Crippen molar-refractivity contribution < 1.29 is 23.8 Å². The van der Waals surface area contributed by atoms with Crippen LogP contribution in [0.3, 0.4) is 0 Å². The summed E-state index contributed by atoms with van der Waals surface area (Å²) in [6.07, 6.45) is 0.530. The summed E-state index contributed by atoms with van der Waals surface area (Å²) in [6.45, 7) is 8.27. The number of Topliss-reactive ketones (excluding diaryl/α,β-unsaturated/α-hetero) is 1.